The minimum atomic E-state index is -0.0541. The lowest BCUT2D eigenvalue weighted by molar-refractivity contribution is -0.120. The molecule has 1 aliphatic carbocycles. The molecular weight excluding hydrogens is 424 g/mol. The zero-order chi connectivity index (χ0) is 19.1. The molecule has 4 nitrogen and oxygen atoms in total. The van der Waals surface area contributed by atoms with Gasteiger partial charge >= 0.3 is 0 Å². The van der Waals surface area contributed by atoms with Crippen LogP contribution in [0.25, 0.3) is 0 Å². The number of benzene rings is 2. The van der Waals surface area contributed by atoms with E-state index in [2.05, 4.69) is 26.6 Å². The Morgan fingerprint density at radius 1 is 0.963 bits per heavy atom. The van der Waals surface area contributed by atoms with Crippen molar-refractivity contribution < 1.29 is 9.59 Å². The number of para-hydroxylation sites is 1. The predicted octanol–water partition coefficient (Wildman–Crippen LogP) is 5.70. The van der Waals surface area contributed by atoms with Gasteiger partial charge in [-0.3, -0.25) is 9.59 Å². The molecule has 0 saturated heterocycles. The molecule has 3 rings (SSSR count). The van der Waals surface area contributed by atoms with Gasteiger partial charge in [0, 0.05) is 21.0 Å². The number of carbonyl (C=O) groups excluding carboxylic acids is 2. The largest absolute Gasteiger partial charge is 0.326 e. The molecule has 0 atom stereocenters. The van der Waals surface area contributed by atoms with E-state index in [-0.39, 0.29) is 17.7 Å². The minimum absolute atomic E-state index is 0.0541. The fourth-order valence-electron chi connectivity index (χ4n) is 3.14. The molecule has 1 saturated carbocycles. The highest BCUT2D eigenvalue weighted by Crippen LogP contribution is 2.26. The maximum Gasteiger partial charge on any atom is 0.234 e. The molecule has 6 heteroatoms. The summed E-state index contributed by atoms with van der Waals surface area (Å²) in [5, 5.41) is 5.90. The molecule has 1 aliphatic rings. The summed E-state index contributed by atoms with van der Waals surface area (Å²) in [7, 11) is 0. The standard InChI is InChI=1S/C21H23BrN2O2S/c22-18-8-4-5-9-19(18)24-20(25)14-27-17-12-10-16(11-13-17)23-21(26)15-6-2-1-3-7-15/h4-5,8-13,15H,1-3,6-7,14H2,(H,23,26)(H,24,25). The topological polar surface area (TPSA) is 58.2 Å². The van der Waals surface area contributed by atoms with Crippen molar-refractivity contribution in [3.05, 3.63) is 53.0 Å². The number of hydrogen-bond donors (Lipinski definition) is 2. The van der Waals surface area contributed by atoms with Crippen LogP contribution < -0.4 is 10.6 Å². The monoisotopic (exact) mass is 446 g/mol. The molecule has 2 N–H and O–H groups in total. The van der Waals surface area contributed by atoms with Crippen molar-refractivity contribution in [1.29, 1.82) is 0 Å². The quantitative estimate of drug-likeness (QED) is 0.559. The fraction of sp³-hybridized carbons (Fsp3) is 0.333. The van der Waals surface area contributed by atoms with Gasteiger partial charge in [-0.05, 0) is 65.2 Å². The van der Waals surface area contributed by atoms with Crippen LogP contribution in [0.4, 0.5) is 11.4 Å². The smallest absolute Gasteiger partial charge is 0.234 e. The van der Waals surface area contributed by atoms with Crippen LogP contribution >= 0.6 is 27.7 Å². The minimum Gasteiger partial charge on any atom is -0.326 e. The second kappa shape index (κ2) is 9.95. The Bertz CT molecular complexity index is 789. The van der Waals surface area contributed by atoms with E-state index in [1.807, 2.05) is 48.5 Å². The van der Waals surface area contributed by atoms with E-state index in [4.69, 9.17) is 0 Å². The number of anilines is 2. The third-order valence-corrected chi connectivity index (χ3v) is 6.32. The van der Waals surface area contributed by atoms with Gasteiger partial charge in [-0.2, -0.15) is 0 Å². The lowest BCUT2D eigenvalue weighted by atomic mass is 9.88. The second-order valence-corrected chi connectivity index (χ2v) is 8.57. The first-order valence-electron chi connectivity index (χ1n) is 9.20. The zero-order valence-electron chi connectivity index (χ0n) is 15.0. The number of thioether (sulfide) groups is 1. The molecular formula is C21H23BrN2O2S. The van der Waals surface area contributed by atoms with Crippen molar-refractivity contribution in [2.75, 3.05) is 16.4 Å². The molecule has 0 aliphatic heterocycles. The summed E-state index contributed by atoms with van der Waals surface area (Å²) in [6, 6.07) is 15.2. The van der Waals surface area contributed by atoms with Crippen molar-refractivity contribution in [1.82, 2.24) is 0 Å². The summed E-state index contributed by atoms with van der Waals surface area (Å²) in [5.74, 6) is 0.549. The molecule has 0 aromatic heterocycles. The molecule has 0 spiro atoms. The van der Waals surface area contributed by atoms with E-state index in [0.717, 1.165) is 46.4 Å². The van der Waals surface area contributed by atoms with Gasteiger partial charge in [0.15, 0.2) is 0 Å². The van der Waals surface area contributed by atoms with Crippen LogP contribution in [0.3, 0.4) is 0 Å². The Morgan fingerprint density at radius 3 is 2.37 bits per heavy atom. The maximum absolute atomic E-state index is 12.3. The summed E-state index contributed by atoms with van der Waals surface area (Å²) >= 11 is 4.89. The van der Waals surface area contributed by atoms with Gasteiger partial charge in [-0.15, -0.1) is 11.8 Å². The number of rotatable bonds is 6. The van der Waals surface area contributed by atoms with E-state index in [0.29, 0.717) is 5.75 Å². The number of hydrogen-bond acceptors (Lipinski definition) is 3. The molecule has 0 heterocycles. The van der Waals surface area contributed by atoms with Gasteiger partial charge in [-0.25, -0.2) is 0 Å². The number of nitrogens with one attached hydrogen (secondary N) is 2. The van der Waals surface area contributed by atoms with Crippen molar-refractivity contribution in [2.45, 2.75) is 37.0 Å². The van der Waals surface area contributed by atoms with Gasteiger partial charge in [-0.1, -0.05) is 31.4 Å². The number of halogens is 1. The molecule has 142 valence electrons. The van der Waals surface area contributed by atoms with Crippen LogP contribution in [-0.4, -0.2) is 17.6 Å². The van der Waals surface area contributed by atoms with E-state index in [1.54, 1.807) is 0 Å². The van der Waals surface area contributed by atoms with E-state index >= 15 is 0 Å². The predicted molar refractivity (Wildman–Crippen MR) is 115 cm³/mol. The summed E-state index contributed by atoms with van der Waals surface area (Å²) in [6.07, 6.45) is 5.52. The van der Waals surface area contributed by atoms with Gasteiger partial charge in [0.1, 0.15) is 0 Å². The molecule has 2 amide bonds. The molecule has 27 heavy (non-hydrogen) atoms. The Kier molecular flexibility index (Phi) is 7.35. The fourth-order valence-corrected chi connectivity index (χ4v) is 4.22. The average molecular weight is 447 g/mol. The van der Waals surface area contributed by atoms with Gasteiger partial charge < -0.3 is 10.6 Å². The van der Waals surface area contributed by atoms with Crippen molar-refractivity contribution in [3.8, 4) is 0 Å². The second-order valence-electron chi connectivity index (χ2n) is 6.67. The molecule has 1 fully saturated rings. The summed E-state index contributed by atoms with van der Waals surface area (Å²) in [6.45, 7) is 0. The lowest BCUT2D eigenvalue weighted by Crippen LogP contribution is -2.24. The Balaban J connectivity index is 1.46. The highest BCUT2D eigenvalue weighted by atomic mass is 79.9. The molecule has 0 unspecified atom stereocenters. The van der Waals surface area contributed by atoms with Gasteiger partial charge in [0.05, 0.1) is 11.4 Å². The van der Waals surface area contributed by atoms with E-state index in [1.165, 1.54) is 18.2 Å². The van der Waals surface area contributed by atoms with E-state index < -0.39 is 0 Å². The molecule has 0 bridgehead atoms. The van der Waals surface area contributed by atoms with Crippen LogP contribution in [0.5, 0.6) is 0 Å². The van der Waals surface area contributed by atoms with Gasteiger partial charge in [0.25, 0.3) is 0 Å². The first-order valence-corrected chi connectivity index (χ1v) is 11.0. The Hall–Kier alpha value is -1.79. The number of amides is 2. The SMILES string of the molecule is O=C(CSc1ccc(NC(=O)C2CCCCC2)cc1)Nc1ccccc1Br. The summed E-state index contributed by atoms with van der Waals surface area (Å²) in [4.78, 5) is 25.4. The molecule has 2 aromatic carbocycles. The van der Waals surface area contributed by atoms with Crippen molar-refractivity contribution in [2.24, 2.45) is 5.92 Å². The zero-order valence-corrected chi connectivity index (χ0v) is 17.4. The van der Waals surface area contributed by atoms with Crippen LogP contribution in [0.15, 0.2) is 57.9 Å². The summed E-state index contributed by atoms with van der Waals surface area (Å²) < 4.78 is 0.862. The maximum atomic E-state index is 12.3. The van der Waals surface area contributed by atoms with Crippen LogP contribution in [0.1, 0.15) is 32.1 Å². The van der Waals surface area contributed by atoms with Crippen molar-refractivity contribution in [3.63, 3.8) is 0 Å². The normalized spacial score (nSPS) is 14.6. The first kappa shape index (κ1) is 20.0. The van der Waals surface area contributed by atoms with Crippen LogP contribution in [0.2, 0.25) is 0 Å². The van der Waals surface area contributed by atoms with Crippen molar-refractivity contribution >= 4 is 50.9 Å². The Labute approximate surface area is 172 Å². The molecule has 2 aromatic rings. The molecule has 0 radical (unpaired) electrons. The lowest BCUT2D eigenvalue weighted by Gasteiger charge is -2.20. The third kappa shape index (κ3) is 6.11. The van der Waals surface area contributed by atoms with Crippen LogP contribution in [0, 0.1) is 5.92 Å². The first-order chi connectivity index (χ1) is 13.1. The average Bonchev–Trinajstić information content (AvgIpc) is 2.70. The van der Waals surface area contributed by atoms with Crippen LogP contribution in [-0.2, 0) is 9.59 Å². The number of carbonyl (C=O) groups is 2. The highest BCUT2D eigenvalue weighted by Gasteiger charge is 2.20. The van der Waals surface area contributed by atoms with E-state index in [9.17, 15) is 9.59 Å². The third-order valence-electron chi connectivity index (χ3n) is 4.62. The summed E-state index contributed by atoms with van der Waals surface area (Å²) in [5.41, 5.74) is 1.58. The van der Waals surface area contributed by atoms with Gasteiger partial charge in [0.2, 0.25) is 11.8 Å². The Morgan fingerprint density at radius 2 is 1.67 bits per heavy atom. The highest BCUT2D eigenvalue weighted by molar-refractivity contribution is 9.10.